The highest BCUT2D eigenvalue weighted by molar-refractivity contribution is 7.92. The van der Waals surface area contributed by atoms with E-state index in [2.05, 4.69) is 15.4 Å². The summed E-state index contributed by atoms with van der Waals surface area (Å²) in [5.74, 6) is -0.879. The van der Waals surface area contributed by atoms with Crippen LogP contribution in [-0.2, 0) is 14.8 Å². The van der Waals surface area contributed by atoms with E-state index in [0.29, 0.717) is 24.4 Å². The van der Waals surface area contributed by atoms with Gasteiger partial charge in [-0.3, -0.25) is 14.3 Å². The van der Waals surface area contributed by atoms with Gasteiger partial charge in [-0.25, -0.2) is 8.42 Å². The van der Waals surface area contributed by atoms with Crippen LogP contribution in [0.5, 0.6) is 0 Å². The number of ether oxygens (including phenoxy) is 1. The summed E-state index contributed by atoms with van der Waals surface area (Å²) >= 11 is 0. The van der Waals surface area contributed by atoms with Crippen molar-refractivity contribution in [2.75, 3.05) is 23.2 Å². The topological polar surface area (TPSA) is 114 Å². The number of para-hydroxylation sites is 2. The summed E-state index contributed by atoms with van der Waals surface area (Å²) in [5, 5.41) is 5.58. The van der Waals surface area contributed by atoms with Gasteiger partial charge in [0, 0.05) is 13.2 Å². The molecule has 0 radical (unpaired) electrons. The maximum Gasteiger partial charge on any atom is 0.261 e. The molecule has 176 valence electrons. The van der Waals surface area contributed by atoms with E-state index in [1.807, 2.05) is 0 Å². The summed E-state index contributed by atoms with van der Waals surface area (Å²) < 4.78 is 33.5. The molecule has 0 aromatic heterocycles. The third kappa shape index (κ3) is 5.62. The minimum atomic E-state index is -3.89. The van der Waals surface area contributed by atoms with Crippen molar-refractivity contribution in [3.63, 3.8) is 0 Å². The Balaban J connectivity index is 1.51. The van der Waals surface area contributed by atoms with Gasteiger partial charge in [-0.15, -0.1) is 0 Å². The predicted octanol–water partition coefficient (Wildman–Crippen LogP) is 3.65. The quantitative estimate of drug-likeness (QED) is 0.456. The van der Waals surface area contributed by atoms with E-state index in [1.54, 1.807) is 54.6 Å². The Kier molecular flexibility index (Phi) is 7.24. The van der Waals surface area contributed by atoms with Crippen molar-refractivity contribution in [2.45, 2.75) is 23.8 Å². The average molecular weight is 480 g/mol. The second-order valence-corrected chi connectivity index (χ2v) is 9.49. The molecule has 1 atom stereocenters. The van der Waals surface area contributed by atoms with Gasteiger partial charge in [-0.2, -0.15) is 0 Å². The summed E-state index contributed by atoms with van der Waals surface area (Å²) in [5.41, 5.74) is 0.870. The van der Waals surface area contributed by atoms with Gasteiger partial charge >= 0.3 is 0 Å². The standard InChI is InChI=1S/C25H25N3O5S/c29-24(26-17-18-9-8-16-33-18)20-12-4-6-14-22(20)27-25(30)21-13-5-7-15-23(21)28-34(31,32)19-10-2-1-3-11-19/h1-7,10-15,18,28H,8-9,16-17H2,(H,26,29)(H,27,30)/t18-/m0/s1. The summed E-state index contributed by atoms with van der Waals surface area (Å²) in [7, 11) is -3.89. The Hall–Kier alpha value is -3.69. The molecule has 0 saturated carbocycles. The van der Waals surface area contributed by atoms with Crippen molar-refractivity contribution in [1.29, 1.82) is 0 Å². The molecule has 2 amide bonds. The van der Waals surface area contributed by atoms with Gasteiger partial charge in [-0.05, 0) is 49.2 Å². The Bertz CT molecular complexity index is 1270. The number of anilines is 2. The van der Waals surface area contributed by atoms with Crippen LogP contribution in [-0.4, -0.2) is 39.5 Å². The maximum absolute atomic E-state index is 13.1. The van der Waals surface area contributed by atoms with Crippen LogP contribution in [0, 0.1) is 0 Å². The van der Waals surface area contributed by atoms with Gasteiger partial charge in [0.05, 0.1) is 33.5 Å². The van der Waals surface area contributed by atoms with Gasteiger partial charge in [0.15, 0.2) is 0 Å². The summed E-state index contributed by atoms with van der Waals surface area (Å²) in [6.45, 7) is 1.09. The van der Waals surface area contributed by atoms with E-state index < -0.39 is 15.9 Å². The molecule has 1 aliphatic heterocycles. The van der Waals surface area contributed by atoms with Crippen LogP contribution < -0.4 is 15.4 Å². The lowest BCUT2D eigenvalue weighted by atomic mass is 10.1. The van der Waals surface area contributed by atoms with Crippen molar-refractivity contribution >= 4 is 33.2 Å². The third-order valence-corrected chi connectivity index (χ3v) is 6.79. The zero-order valence-corrected chi connectivity index (χ0v) is 19.2. The normalized spacial score (nSPS) is 15.5. The lowest BCUT2D eigenvalue weighted by Gasteiger charge is -2.15. The van der Waals surface area contributed by atoms with Crippen LogP contribution in [0.3, 0.4) is 0 Å². The molecule has 9 heteroatoms. The number of hydrogen-bond acceptors (Lipinski definition) is 5. The molecule has 0 aliphatic carbocycles. The first kappa shape index (κ1) is 23.5. The minimum absolute atomic E-state index is 0.00443. The molecule has 0 spiro atoms. The molecule has 3 aromatic carbocycles. The third-order valence-electron chi connectivity index (χ3n) is 5.40. The van der Waals surface area contributed by atoms with Gasteiger partial charge in [0.2, 0.25) is 0 Å². The van der Waals surface area contributed by atoms with E-state index >= 15 is 0 Å². The van der Waals surface area contributed by atoms with E-state index in [0.717, 1.165) is 12.8 Å². The molecule has 3 aromatic rings. The highest BCUT2D eigenvalue weighted by atomic mass is 32.2. The first-order chi connectivity index (χ1) is 16.4. The second-order valence-electron chi connectivity index (χ2n) is 7.81. The van der Waals surface area contributed by atoms with Crippen LogP contribution in [0.4, 0.5) is 11.4 Å². The molecule has 1 heterocycles. The number of benzene rings is 3. The van der Waals surface area contributed by atoms with Gasteiger partial charge in [-0.1, -0.05) is 42.5 Å². The molecule has 34 heavy (non-hydrogen) atoms. The predicted molar refractivity (Wildman–Crippen MR) is 129 cm³/mol. The monoisotopic (exact) mass is 479 g/mol. The summed E-state index contributed by atoms with van der Waals surface area (Å²) in [6.07, 6.45) is 1.87. The van der Waals surface area contributed by atoms with Gasteiger partial charge < -0.3 is 15.4 Å². The zero-order valence-electron chi connectivity index (χ0n) is 18.4. The van der Waals surface area contributed by atoms with Gasteiger partial charge in [0.25, 0.3) is 21.8 Å². The fourth-order valence-corrected chi connectivity index (χ4v) is 4.76. The number of carbonyl (C=O) groups excluding carboxylic acids is 2. The van der Waals surface area contributed by atoms with Crippen LogP contribution in [0.15, 0.2) is 83.8 Å². The first-order valence-electron chi connectivity index (χ1n) is 10.9. The summed E-state index contributed by atoms with van der Waals surface area (Å²) in [4.78, 5) is 25.9. The minimum Gasteiger partial charge on any atom is -0.376 e. The van der Waals surface area contributed by atoms with Crippen LogP contribution in [0.25, 0.3) is 0 Å². The van der Waals surface area contributed by atoms with Crippen LogP contribution in [0.2, 0.25) is 0 Å². The van der Waals surface area contributed by atoms with Crippen molar-refractivity contribution in [1.82, 2.24) is 5.32 Å². The molecular formula is C25H25N3O5S. The maximum atomic E-state index is 13.1. The molecular weight excluding hydrogens is 454 g/mol. The number of hydrogen-bond donors (Lipinski definition) is 3. The Morgan fingerprint density at radius 2 is 1.44 bits per heavy atom. The largest absolute Gasteiger partial charge is 0.376 e. The number of nitrogens with one attached hydrogen (secondary N) is 3. The fraction of sp³-hybridized carbons (Fsp3) is 0.200. The highest BCUT2D eigenvalue weighted by Gasteiger charge is 2.21. The second kappa shape index (κ2) is 10.5. The lowest BCUT2D eigenvalue weighted by molar-refractivity contribution is 0.0858. The molecule has 8 nitrogen and oxygen atoms in total. The van der Waals surface area contributed by atoms with Crippen molar-refractivity contribution in [3.05, 3.63) is 90.0 Å². The number of rotatable bonds is 8. The first-order valence-corrected chi connectivity index (χ1v) is 12.4. The molecule has 4 rings (SSSR count). The van der Waals surface area contributed by atoms with E-state index in [-0.39, 0.29) is 28.2 Å². The Morgan fingerprint density at radius 1 is 0.824 bits per heavy atom. The molecule has 3 N–H and O–H groups in total. The molecule has 0 bridgehead atoms. The smallest absolute Gasteiger partial charge is 0.261 e. The molecule has 1 saturated heterocycles. The number of sulfonamides is 1. The van der Waals surface area contributed by atoms with Crippen LogP contribution in [0.1, 0.15) is 33.6 Å². The average Bonchev–Trinajstić information content (AvgIpc) is 3.37. The van der Waals surface area contributed by atoms with Crippen molar-refractivity contribution in [3.8, 4) is 0 Å². The van der Waals surface area contributed by atoms with Crippen LogP contribution >= 0.6 is 0 Å². The summed E-state index contributed by atoms with van der Waals surface area (Å²) in [6, 6.07) is 20.8. The molecule has 1 fully saturated rings. The SMILES string of the molecule is O=C(NC[C@@H]1CCCO1)c1ccccc1NC(=O)c1ccccc1NS(=O)(=O)c1ccccc1. The lowest BCUT2D eigenvalue weighted by Crippen LogP contribution is -2.32. The highest BCUT2D eigenvalue weighted by Crippen LogP contribution is 2.23. The molecule has 1 aliphatic rings. The zero-order chi connectivity index (χ0) is 24.0. The van der Waals surface area contributed by atoms with Crippen molar-refractivity contribution < 1.29 is 22.7 Å². The van der Waals surface area contributed by atoms with Crippen molar-refractivity contribution in [2.24, 2.45) is 0 Å². The number of carbonyl (C=O) groups is 2. The Labute approximate surface area is 198 Å². The number of amides is 2. The Morgan fingerprint density at radius 3 is 2.12 bits per heavy atom. The van der Waals surface area contributed by atoms with Gasteiger partial charge in [0.1, 0.15) is 0 Å². The molecule has 0 unspecified atom stereocenters. The van der Waals surface area contributed by atoms with E-state index in [1.165, 1.54) is 24.3 Å². The van der Waals surface area contributed by atoms with E-state index in [4.69, 9.17) is 4.74 Å². The van der Waals surface area contributed by atoms with E-state index in [9.17, 15) is 18.0 Å². The fourth-order valence-electron chi connectivity index (χ4n) is 3.66.